The molecular weight excluding hydrogens is 616 g/mol. The molecule has 0 aromatic heterocycles. The van der Waals surface area contributed by atoms with Crippen LogP contribution in [0.3, 0.4) is 0 Å². The second kappa shape index (κ2) is 11.4. The molecule has 1 saturated carbocycles. The van der Waals surface area contributed by atoms with Gasteiger partial charge in [-0.2, -0.15) is 0 Å². The number of halogens is 3. The zero-order valence-electron chi connectivity index (χ0n) is 24.9. The van der Waals surface area contributed by atoms with E-state index < -0.39 is 11.9 Å². The number of hydrogen-bond acceptors (Lipinski definition) is 3. The lowest BCUT2D eigenvalue weighted by atomic mass is 9.77. The minimum absolute atomic E-state index is 0.0125. The van der Waals surface area contributed by atoms with Gasteiger partial charge < -0.3 is 14.9 Å². The molecule has 2 unspecified atom stereocenters. The maximum atomic E-state index is 14.8. The Morgan fingerprint density at radius 3 is 2.38 bits per heavy atom. The molecule has 2 atom stereocenters. The first-order valence-electron chi connectivity index (χ1n) is 15.7. The molecule has 7 nitrogen and oxygen atoms in total. The van der Waals surface area contributed by atoms with E-state index in [0.29, 0.717) is 60.9 Å². The Labute approximate surface area is 271 Å². The quantitative estimate of drug-likeness (QED) is 0.287. The number of fused-ring (bicyclic) bond motifs is 1. The molecule has 234 valence electrons. The molecule has 2 saturated heterocycles. The zero-order valence-corrected chi connectivity index (χ0v) is 26.4. The maximum absolute atomic E-state index is 14.8. The van der Waals surface area contributed by atoms with Crippen LogP contribution in [0, 0.1) is 11.2 Å². The monoisotopic (exact) mass is 650 g/mol. The average molecular weight is 652 g/mol. The van der Waals surface area contributed by atoms with Crippen molar-refractivity contribution in [2.24, 2.45) is 5.41 Å². The van der Waals surface area contributed by atoms with E-state index in [0.717, 1.165) is 43.2 Å². The van der Waals surface area contributed by atoms with Crippen molar-refractivity contribution in [2.45, 2.75) is 57.0 Å². The molecule has 1 N–H and O–H groups in total. The predicted octanol–water partition coefficient (Wildman–Crippen LogP) is 7.74. The molecule has 0 bridgehead atoms. The Morgan fingerprint density at radius 1 is 0.933 bits per heavy atom. The molecule has 0 radical (unpaired) electrons. The SMILES string of the molecule is O=C(O)N1CCC2(CC1)CC[N+](C(=O)c1ccc3c(c1)C(N(C(=O)c1ccccc1Cl)C1CC1)CC3)(c1ccc(F)c(Cl)c1)C2. The van der Waals surface area contributed by atoms with Crippen LogP contribution >= 0.6 is 23.2 Å². The number of hydrogen-bond donors (Lipinski definition) is 1. The largest absolute Gasteiger partial charge is 0.465 e. The van der Waals surface area contributed by atoms with Gasteiger partial charge in [-0.25, -0.2) is 18.5 Å². The molecule has 2 heterocycles. The van der Waals surface area contributed by atoms with Gasteiger partial charge in [-0.15, -0.1) is 0 Å². The summed E-state index contributed by atoms with van der Waals surface area (Å²) in [6.45, 7) is 1.84. The molecule has 7 rings (SSSR count). The van der Waals surface area contributed by atoms with Crippen molar-refractivity contribution in [3.63, 3.8) is 0 Å². The van der Waals surface area contributed by atoms with Crippen molar-refractivity contribution in [3.05, 3.63) is 98.8 Å². The number of carbonyl (C=O) groups excluding carboxylic acids is 2. The van der Waals surface area contributed by atoms with Gasteiger partial charge >= 0.3 is 12.0 Å². The smallest absolute Gasteiger partial charge is 0.407 e. The van der Waals surface area contributed by atoms with E-state index >= 15 is 0 Å². The Balaban J connectivity index is 1.24. The van der Waals surface area contributed by atoms with Crippen LogP contribution < -0.4 is 4.48 Å². The summed E-state index contributed by atoms with van der Waals surface area (Å²) < 4.78 is 14.3. The van der Waals surface area contributed by atoms with E-state index in [1.54, 1.807) is 24.3 Å². The molecular formula is C35H35Cl2FN3O4+. The molecule has 3 aromatic carbocycles. The highest BCUT2D eigenvalue weighted by atomic mass is 35.5. The van der Waals surface area contributed by atoms with Gasteiger partial charge in [0.1, 0.15) is 11.5 Å². The Morgan fingerprint density at radius 2 is 1.69 bits per heavy atom. The third kappa shape index (κ3) is 5.30. The van der Waals surface area contributed by atoms with Crippen molar-refractivity contribution in [1.29, 1.82) is 0 Å². The number of carboxylic acid groups (broad SMARTS) is 1. The molecule has 3 fully saturated rings. The van der Waals surface area contributed by atoms with Gasteiger partial charge in [-0.3, -0.25) is 4.79 Å². The van der Waals surface area contributed by atoms with Gasteiger partial charge in [0.25, 0.3) is 5.91 Å². The van der Waals surface area contributed by atoms with Crippen molar-refractivity contribution in [2.75, 3.05) is 26.2 Å². The van der Waals surface area contributed by atoms with E-state index in [9.17, 15) is 23.9 Å². The minimum Gasteiger partial charge on any atom is -0.465 e. The Bertz CT molecular complexity index is 1700. The van der Waals surface area contributed by atoms with Gasteiger partial charge in [0.05, 0.1) is 40.3 Å². The van der Waals surface area contributed by atoms with Gasteiger partial charge in [-0.05, 0) is 80.0 Å². The summed E-state index contributed by atoms with van der Waals surface area (Å²) in [5.74, 6) is -0.728. The van der Waals surface area contributed by atoms with Crippen LogP contribution in [-0.4, -0.2) is 65.0 Å². The second-order valence-corrected chi connectivity index (χ2v) is 14.0. The van der Waals surface area contributed by atoms with Gasteiger partial charge in [0.15, 0.2) is 0 Å². The summed E-state index contributed by atoms with van der Waals surface area (Å²) in [4.78, 5) is 43.7. The summed E-state index contributed by atoms with van der Waals surface area (Å²) >= 11 is 12.7. The molecule has 45 heavy (non-hydrogen) atoms. The number of rotatable bonds is 5. The number of quaternary nitrogens is 1. The van der Waals surface area contributed by atoms with Crippen molar-refractivity contribution in [1.82, 2.24) is 14.3 Å². The first-order valence-corrected chi connectivity index (χ1v) is 16.4. The number of benzene rings is 3. The van der Waals surface area contributed by atoms with Crippen molar-refractivity contribution >= 4 is 46.8 Å². The van der Waals surface area contributed by atoms with Crippen LogP contribution in [0.2, 0.25) is 10.0 Å². The van der Waals surface area contributed by atoms with E-state index in [4.69, 9.17) is 23.2 Å². The van der Waals surface area contributed by atoms with Gasteiger partial charge in [0.2, 0.25) is 0 Å². The summed E-state index contributed by atoms with van der Waals surface area (Å²) in [6, 6.07) is 17.5. The molecule has 10 heteroatoms. The molecule has 3 amide bonds. The lowest BCUT2D eigenvalue weighted by Crippen LogP contribution is -2.55. The second-order valence-electron chi connectivity index (χ2n) is 13.2. The lowest BCUT2D eigenvalue weighted by molar-refractivity contribution is 0.0658. The van der Waals surface area contributed by atoms with Crippen LogP contribution in [0.15, 0.2) is 60.7 Å². The maximum Gasteiger partial charge on any atom is 0.407 e. The molecule has 1 spiro atoms. The standard InChI is InChI=1S/C35H34Cl2FN3O4/c36-28-4-2-1-3-26(28)32(42)40(24-8-9-24)31-12-7-22-5-6-23(19-27(22)31)33(43)41(25-10-11-30(38)29(37)20-25)18-15-35(21-41)13-16-39(17-14-35)34(44)45/h1-6,10-11,19-20,24,31H,7-9,12-18,21H2/p+1. The van der Waals surface area contributed by atoms with Gasteiger partial charge in [0, 0.05) is 43.1 Å². The number of piperidine rings is 1. The van der Waals surface area contributed by atoms with Crippen LogP contribution in [0.5, 0.6) is 0 Å². The van der Waals surface area contributed by atoms with Crippen LogP contribution in [-0.2, 0) is 6.42 Å². The Kier molecular flexibility index (Phi) is 7.66. The normalized spacial score (nSPS) is 23.6. The van der Waals surface area contributed by atoms with E-state index in [1.165, 1.54) is 11.0 Å². The Hall–Kier alpha value is -3.46. The summed E-state index contributed by atoms with van der Waals surface area (Å²) in [6.07, 6.45) is 4.60. The number of nitrogens with zero attached hydrogens (tertiary/aromatic N) is 3. The first kappa shape index (κ1) is 30.2. The van der Waals surface area contributed by atoms with Crippen molar-refractivity contribution < 1.29 is 23.9 Å². The highest BCUT2D eigenvalue weighted by molar-refractivity contribution is 6.33. The number of carbonyl (C=O) groups is 3. The number of likely N-dealkylation sites (tertiary alicyclic amines) is 2. The third-order valence-corrected chi connectivity index (χ3v) is 11.2. The average Bonchev–Trinajstić information content (AvgIpc) is 3.68. The zero-order chi connectivity index (χ0) is 31.5. The minimum atomic E-state index is -0.925. The van der Waals surface area contributed by atoms with Gasteiger partial charge in [-0.1, -0.05) is 41.4 Å². The van der Waals surface area contributed by atoms with E-state index in [1.807, 2.05) is 35.2 Å². The highest BCUT2D eigenvalue weighted by Gasteiger charge is 2.55. The summed E-state index contributed by atoms with van der Waals surface area (Å²) in [5.41, 5.74) is 3.57. The fourth-order valence-corrected chi connectivity index (χ4v) is 8.33. The molecule has 3 aromatic rings. The van der Waals surface area contributed by atoms with Crippen LogP contribution in [0.4, 0.5) is 14.9 Å². The number of aryl methyl sites for hydroxylation is 1. The first-order chi connectivity index (χ1) is 21.6. The molecule has 4 aliphatic rings. The summed E-state index contributed by atoms with van der Waals surface area (Å²) in [7, 11) is 0. The fraction of sp³-hybridized carbons (Fsp3) is 0.400. The molecule has 2 aliphatic heterocycles. The topological polar surface area (TPSA) is 77.9 Å². The predicted molar refractivity (Wildman–Crippen MR) is 171 cm³/mol. The number of amides is 3. The van der Waals surface area contributed by atoms with Crippen LogP contribution in [0.1, 0.15) is 76.4 Å². The highest BCUT2D eigenvalue weighted by Crippen LogP contribution is 2.48. The lowest BCUT2D eigenvalue weighted by Gasteiger charge is -2.39. The van der Waals surface area contributed by atoms with E-state index in [2.05, 4.69) is 0 Å². The fourth-order valence-electron chi connectivity index (χ4n) is 7.94. The third-order valence-electron chi connectivity index (χ3n) is 10.6. The molecule has 2 aliphatic carbocycles. The van der Waals surface area contributed by atoms with E-state index in [-0.39, 0.29) is 38.8 Å². The van der Waals surface area contributed by atoms with Crippen LogP contribution in [0.25, 0.3) is 0 Å². The summed E-state index contributed by atoms with van der Waals surface area (Å²) in [5, 5.41) is 9.91. The van der Waals surface area contributed by atoms with Crippen molar-refractivity contribution in [3.8, 4) is 0 Å².